The fourth-order valence-corrected chi connectivity index (χ4v) is 2.57. The number of ether oxygens (including phenoxy) is 2. The van der Waals surface area contributed by atoms with Crippen LogP contribution in [0.3, 0.4) is 0 Å². The van der Waals surface area contributed by atoms with Gasteiger partial charge in [-0.15, -0.1) is 0 Å². The van der Waals surface area contributed by atoms with E-state index in [1.165, 1.54) is 0 Å². The summed E-state index contributed by atoms with van der Waals surface area (Å²) >= 11 is 3.53. The molecule has 21 heavy (non-hydrogen) atoms. The monoisotopic (exact) mass is 354 g/mol. The number of benzene rings is 1. The minimum atomic E-state index is 0.326. The summed E-state index contributed by atoms with van der Waals surface area (Å²) in [5.41, 5.74) is 7.46. The van der Waals surface area contributed by atoms with E-state index in [9.17, 15) is 0 Å². The zero-order chi connectivity index (χ0) is 15.2. The summed E-state index contributed by atoms with van der Waals surface area (Å²) in [7, 11) is 0. The van der Waals surface area contributed by atoms with Crippen LogP contribution in [0.2, 0.25) is 0 Å². The van der Waals surface area contributed by atoms with E-state index < -0.39 is 0 Å². The molecule has 0 radical (unpaired) electrons. The first-order valence-corrected chi connectivity index (χ1v) is 7.63. The van der Waals surface area contributed by atoms with Gasteiger partial charge in [0, 0.05) is 6.07 Å². The molecule has 0 amide bonds. The third-order valence-electron chi connectivity index (χ3n) is 2.84. The number of hydrogen-bond acceptors (Lipinski definition) is 5. The first-order valence-electron chi connectivity index (χ1n) is 6.84. The Bertz CT molecular complexity index is 599. The van der Waals surface area contributed by atoms with Crippen molar-refractivity contribution in [2.75, 3.05) is 13.2 Å². The molecule has 1 aromatic carbocycles. The summed E-state index contributed by atoms with van der Waals surface area (Å²) in [4.78, 5) is 0. The zero-order valence-electron chi connectivity index (χ0n) is 12.2. The van der Waals surface area contributed by atoms with Gasteiger partial charge in [-0.3, -0.25) is 0 Å². The maximum atomic E-state index is 5.83. The second-order valence-corrected chi connectivity index (χ2v) is 5.45. The van der Waals surface area contributed by atoms with Crippen LogP contribution in [0.1, 0.15) is 23.9 Å². The standard InChI is InChI=1S/C15H19BrN2O3/c1-3-19-14-8-11(4-5-17)7-13(16)15(14)20-9-12-6-10(2)21-18-12/h6-8H,3-5,9,17H2,1-2H3. The van der Waals surface area contributed by atoms with Crippen LogP contribution in [0, 0.1) is 6.92 Å². The SMILES string of the molecule is CCOc1cc(CCN)cc(Br)c1OCc1cc(C)on1. The number of nitrogens with zero attached hydrogens (tertiary/aromatic N) is 1. The Hall–Kier alpha value is -1.53. The Morgan fingerprint density at radius 2 is 2.10 bits per heavy atom. The zero-order valence-corrected chi connectivity index (χ0v) is 13.8. The molecule has 0 bridgehead atoms. The Morgan fingerprint density at radius 3 is 2.71 bits per heavy atom. The smallest absolute Gasteiger partial charge is 0.175 e. The van der Waals surface area contributed by atoms with Crippen molar-refractivity contribution >= 4 is 15.9 Å². The number of nitrogens with two attached hydrogens (primary N) is 1. The van der Waals surface area contributed by atoms with Gasteiger partial charge in [0.15, 0.2) is 11.5 Å². The molecule has 6 heteroatoms. The van der Waals surface area contributed by atoms with Crippen molar-refractivity contribution in [1.82, 2.24) is 5.16 Å². The molecule has 5 nitrogen and oxygen atoms in total. The number of rotatable bonds is 7. The van der Waals surface area contributed by atoms with Crippen LogP contribution in [-0.2, 0) is 13.0 Å². The van der Waals surface area contributed by atoms with Crippen LogP contribution >= 0.6 is 15.9 Å². The molecule has 1 heterocycles. The third kappa shape index (κ3) is 4.22. The Balaban J connectivity index is 2.19. The highest BCUT2D eigenvalue weighted by Gasteiger charge is 2.13. The Labute approximate surface area is 132 Å². The number of aryl methyl sites for hydroxylation is 1. The fourth-order valence-electron chi connectivity index (χ4n) is 1.97. The summed E-state index contributed by atoms with van der Waals surface area (Å²) in [5.74, 6) is 2.13. The van der Waals surface area contributed by atoms with Gasteiger partial charge in [0.1, 0.15) is 18.1 Å². The topological polar surface area (TPSA) is 70.5 Å². The second kappa shape index (κ2) is 7.47. The molecule has 0 saturated carbocycles. The molecule has 0 fully saturated rings. The lowest BCUT2D eigenvalue weighted by Gasteiger charge is -2.14. The molecule has 2 rings (SSSR count). The van der Waals surface area contributed by atoms with Gasteiger partial charge < -0.3 is 19.7 Å². The highest BCUT2D eigenvalue weighted by atomic mass is 79.9. The molecule has 0 unspecified atom stereocenters. The number of halogens is 1. The van der Waals surface area contributed by atoms with E-state index in [4.69, 9.17) is 19.7 Å². The van der Waals surface area contributed by atoms with Gasteiger partial charge in [-0.05, 0) is 60.4 Å². The van der Waals surface area contributed by atoms with Gasteiger partial charge in [-0.1, -0.05) is 5.16 Å². The molecule has 0 saturated heterocycles. The molecule has 114 valence electrons. The van der Waals surface area contributed by atoms with Crippen LogP contribution in [0.5, 0.6) is 11.5 Å². The van der Waals surface area contributed by atoms with Crippen LogP contribution < -0.4 is 15.2 Å². The summed E-state index contributed by atoms with van der Waals surface area (Å²) in [5, 5.41) is 3.91. The molecule has 0 aliphatic rings. The first kappa shape index (κ1) is 15.9. The van der Waals surface area contributed by atoms with Gasteiger partial charge in [0.2, 0.25) is 0 Å². The minimum absolute atomic E-state index is 0.326. The van der Waals surface area contributed by atoms with Crippen LogP contribution in [0.4, 0.5) is 0 Å². The molecular formula is C15H19BrN2O3. The quantitative estimate of drug-likeness (QED) is 0.826. The largest absolute Gasteiger partial charge is 0.490 e. The van der Waals surface area contributed by atoms with Gasteiger partial charge in [-0.2, -0.15) is 0 Å². The van der Waals surface area contributed by atoms with Crippen molar-refractivity contribution in [2.45, 2.75) is 26.9 Å². The highest BCUT2D eigenvalue weighted by Crippen LogP contribution is 2.37. The van der Waals surface area contributed by atoms with Crippen molar-refractivity contribution in [1.29, 1.82) is 0 Å². The van der Waals surface area contributed by atoms with Gasteiger partial charge >= 0.3 is 0 Å². The lowest BCUT2D eigenvalue weighted by molar-refractivity contribution is 0.258. The molecular weight excluding hydrogens is 336 g/mol. The predicted octanol–water partition coefficient (Wildman–Crippen LogP) is 3.22. The first-order chi connectivity index (χ1) is 10.1. The van der Waals surface area contributed by atoms with Crippen molar-refractivity contribution in [3.05, 3.63) is 39.7 Å². The van der Waals surface area contributed by atoms with E-state index in [2.05, 4.69) is 21.1 Å². The number of aromatic nitrogens is 1. The Morgan fingerprint density at radius 1 is 1.29 bits per heavy atom. The lowest BCUT2D eigenvalue weighted by atomic mass is 10.1. The molecule has 1 aromatic heterocycles. The number of hydrogen-bond donors (Lipinski definition) is 1. The molecule has 0 spiro atoms. The van der Waals surface area contributed by atoms with Crippen LogP contribution in [-0.4, -0.2) is 18.3 Å². The van der Waals surface area contributed by atoms with Crippen LogP contribution in [0.25, 0.3) is 0 Å². The van der Waals surface area contributed by atoms with E-state index in [1.54, 1.807) is 0 Å². The predicted molar refractivity (Wildman–Crippen MR) is 83.6 cm³/mol. The molecule has 0 atom stereocenters. The van der Waals surface area contributed by atoms with Gasteiger partial charge in [0.25, 0.3) is 0 Å². The van der Waals surface area contributed by atoms with Crippen molar-refractivity contribution in [3.8, 4) is 11.5 Å². The van der Waals surface area contributed by atoms with Gasteiger partial charge in [0.05, 0.1) is 11.1 Å². The van der Waals surface area contributed by atoms with Crippen molar-refractivity contribution in [3.63, 3.8) is 0 Å². The second-order valence-electron chi connectivity index (χ2n) is 4.59. The lowest BCUT2D eigenvalue weighted by Crippen LogP contribution is -2.05. The molecule has 0 aliphatic carbocycles. The average Bonchev–Trinajstić information content (AvgIpc) is 2.84. The summed E-state index contributed by atoms with van der Waals surface area (Å²) < 4.78 is 17.4. The maximum absolute atomic E-state index is 5.83. The summed E-state index contributed by atoms with van der Waals surface area (Å²) in [6.07, 6.45) is 0.793. The van der Waals surface area contributed by atoms with E-state index in [-0.39, 0.29) is 0 Å². The summed E-state index contributed by atoms with van der Waals surface area (Å²) in [6, 6.07) is 5.81. The Kier molecular flexibility index (Phi) is 5.64. The van der Waals surface area contributed by atoms with E-state index in [0.29, 0.717) is 31.3 Å². The van der Waals surface area contributed by atoms with Crippen molar-refractivity contribution in [2.24, 2.45) is 5.73 Å². The normalized spacial score (nSPS) is 10.7. The molecule has 2 N–H and O–H groups in total. The van der Waals surface area contributed by atoms with Gasteiger partial charge in [-0.25, -0.2) is 0 Å². The molecule has 2 aromatic rings. The maximum Gasteiger partial charge on any atom is 0.175 e. The molecule has 0 aliphatic heterocycles. The van der Waals surface area contributed by atoms with Crippen LogP contribution in [0.15, 0.2) is 27.2 Å². The highest BCUT2D eigenvalue weighted by molar-refractivity contribution is 9.10. The van der Waals surface area contributed by atoms with E-state index in [1.807, 2.05) is 32.0 Å². The van der Waals surface area contributed by atoms with E-state index in [0.717, 1.165) is 27.9 Å². The third-order valence-corrected chi connectivity index (χ3v) is 3.43. The minimum Gasteiger partial charge on any atom is -0.490 e. The fraction of sp³-hybridized carbons (Fsp3) is 0.400. The average molecular weight is 355 g/mol. The van der Waals surface area contributed by atoms with E-state index >= 15 is 0 Å². The van der Waals surface area contributed by atoms with Crippen molar-refractivity contribution < 1.29 is 14.0 Å². The summed E-state index contributed by atoms with van der Waals surface area (Å²) in [6.45, 7) is 5.27.